The van der Waals surface area contributed by atoms with Crippen molar-refractivity contribution in [2.75, 3.05) is 13.2 Å². The number of nitrogens with one attached hydrogen (secondary N) is 1. The average Bonchev–Trinajstić information content (AvgIpc) is 2.95. The van der Waals surface area contributed by atoms with Crippen LogP contribution >= 0.6 is 0 Å². The molecule has 20 heavy (non-hydrogen) atoms. The van der Waals surface area contributed by atoms with E-state index in [1.807, 2.05) is 24.3 Å². The predicted molar refractivity (Wildman–Crippen MR) is 77.8 cm³/mol. The molecule has 2 heterocycles. The van der Waals surface area contributed by atoms with Gasteiger partial charge in [-0.05, 0) is 19.4 Å². The summed E-state index contributed by atoms with van der Waals surface area (Å²) in [6.07, 6.45) is 2.78. The number of hydrogen-bond donors (Lipinski definition) is 1. The Morgan fingerprint density at radius 3 is 3.15 bits per heavy atom. The summed E-state index contributed by atoms with van der Waals surface area (Å²) in [7, 11) is 0. The highest BCUT2D eigenvalue weighted by atomic mass is 16.5. The average molecular weight is 273 g/mol. The van der Waals surface area contributed by atoms with Gasteiger partial charge in [-0.25, -0.2) is 4.68 Å². The number of fused-ring (bicyclic) bond motifs is 1. The van der Waals surface area contributed by atoms with E-state index in [2.05, 4.69) is 17.3 Å². The molecule has 1 saturated heterocycles. The van der Waals surface area contributed by atoms with E-state index >= 15 is 0 Å². The standard InChI is InChI=1S/C15H19N3O2/c1-11(17-13-6-7-20-10-13)9-18-15(19)14-5-3-2-4-12(14)8-16-18/h2-5,8,11,13,17H,6-7,9-10H2,1H3/t11-,13-/m1/s1. The molecule has 1 aromatic heterocycles. The topological polar surface area (TPSA) is 56.2 Å². The molecule has 1 aromatic carbocycles. The molecule has 0 bridgehead atoms. The lowest BCUT2D eigenvalue weighted by molar-refractivity contribution is 0.187. The van der Waals surface area contributed by atoms with Gasteiger partial charge in [0.2, 0.25) is 0 Å². The maximum Gasteiger partial charge on any atom is 0.274 e. The Bertz CT molecular complexity index is 647. The van der Waals surface area contributed by atoms with E-state index in [0.717, 1.165) is 30.4 Å². The smallest absolute Gasteiger partial charge is 0.274 e. The minimum absolute atomic E-state index is 0.0283. The van der Waals surface area contributed by atoms with Gasteiger partial charge in [-0.3, -0.25) is 4.79 Å². The monoisotopic (exact) mass is 273 g/mol. The lowest BCUT2D eigenvalue weighted by Gasteiger charge is -2.18. The molecule has 2 atom stereocenters. The summed E-state index contributed by atoms with van der Waals surface area (Å²) >= 11 is 0. The molecule has 0 saturated carbocycles. The van der Waals surface area contributed by atoms with Crippen molar-refractivity contribution in [3.05, 3.63) is 40.8 Å². The van der Waals surface area contributed by atoms with Crippen molar-refractivity contribution >= 4 is 10.8 Å². The number of rotatable bonds is 4. The summed E-state index contributed by atoms with van der Waals surface area (Å²) in [5, 5.41) is 9.34. The third kappa shape index (κ3) is 2.73. The van der Waals surface area contributed by atoms with Gasteiger partial charge in [0.05, 0.1) is 24.7 Å². The third-order valence-electron chi connectivity index (χ3n) is 3.66. The summed E-state index contributed by atoms with van der Waals surface area (Å²) in [4.78, 5) is 12.3. The molecule has 3 rings (SSSR count). The quantitative estimate of drug-likeness (QED) is 0.908. The molecule has 0 radical (unpaired) electrons. The maximum atomic E-state index is 12.3. The Kier molecular flexibility index (Phi) is 3.80. The number of aromatic nitrogens is 2. The second-order valence-corrected chi connectivity index (χ2v) is 5.35. The molecule has 0 spiro atoms. The Hall–Kier alpha value is -1.72. The van der Waals surface area contributed by atoms with Crippen LogP contribution < -0.4 is 10.9 Å². The van der Waals surface area contributed by atoms with E-state index in [1.165, 1.54) is 4.68 Å². The molecule has 5 nitrogen and oxygen atoms in total. The molecule has 0 aliphatic carbocycles. The number of benzene rings is 1. The maximum absolute atomic E-state index is 12.3. The Morgan fingerprint density at radius 1 is 1.50 bits per heavy atom. The van der Waals surface area contributed by atoms with E-state index < -0.39 is 0 Å². The van der Waals surface area contributed by atoms with Crippen LogP contribution in [0.2, 0.25) is 0 Å². The molecule has 1 aliphatic rings. The summed E-state index contributed by atoms with van der Waals surface area (Å²) in [5.41, 5.74) is -0.0283. The normalized spacial score (nSPS) is 20.4. The SMILES string of the molecule is C[C@H](Cn1ncc2ccccc2c1=O)N[C@@H]1CCOC1. The first-order valence-corrected chi connectivity index (χ1v) is 7.02. The van der Waals surface area contributed by atoms with Crippen molar-refractivity contribution in [3.63, 3.8) is 0 Å². The van der Waals surface area contributed by atoms with Gasteiger partial charge in [0, 0.05) is 24.1 Å². The third-order valence-corrected chi connectivity index (χ3v) is 3.66. The molecule has 0 unspecified atom stereocenters. The van der Waals surface area contributed by atoms with Crippen LogP contribution in [0, 0.1) is 0 Å². The van der Waals surface area contributed by atoms with Gasteiger partial charge in [-0.1, -0.05) is 18.2 Å². The fourth-order valence-electron chi connectivity index (χ4n) is 2.64. The lowest BCUT2D eigenvalue weighted by atomic mass is 10.2. The molecule has 0 amide bonds. The van der Waals surface area contributed by atoms with Crippen molar-refractivity contribution in [1.82, 2.24) is 15.1 Å². The van der Waals surface area contributed by atoms with Crippen LogP contribution in [-0.2, 0) is 11.3 Å². The summed E-state index contributed by atoms with van der Waals surface area (Å²) in [6.45, 7) is 4.21. The second-order valence-electron chi connectivity index (χ2n) is 5.35. The fraction of sp³-hybridized carbons (Fsp3) is 0.467. The zero-order valence-corrected chi connectivity index (χ0v) is 11.6. The molecular formula is C15H19N3O2. The van der Waals surface area contributed by atoms with Crippen molar-refractivity contribution in [3.8, 4) is 0 Å². The van der Waals surface area contributed by atoms with Crippen molar-refractivity contribution in [1.29, 1.82) is 0 Å². The molecule has 1 aliphatic heterocycles. The molecule has 1 fully saturated rings. The van der Waals surface area contributed by atoms with Gasteiger partial charge in [-0.2, -0.15) is 5.10 Å². The van der Waals surface area contributed by atoms with Crippen LogP contribution in [0.5, 0.6) is 0 Å². The van der Waals surface area contributed by atoms with Crippen LogP contribution in [0.4, 0.5) is 0 Å². The predicted octanol–water partition coefficient (Wildman–Crippen LogP) is 1.16. The molecule has 1 N–H and O–H groups in total. The van der Waals surface area contributed by atoms with E-state index in [0.29, 0.717) is 12.6 Å². The van der Waals surface area contributed by atoms with Crippen molar-refractivity contribution < 1.29 is 4.74 Å². The number of hydrogen-bond acceptors (Lipinski definition) is 4. The van der Waals surface area contributed by atoms with Crippen LogP contribution in [0.25, 0.3) is 10.8 Å². The zero-order valence-electron chi connectivity index (χ0n) is 11.6. The van der Waals surface area contributed by atoms with E-state index in [4.69, 9.17) is 4.74 Å². The van der Waals surface area contributed by atoms with Crippen LogP contribution in [0.15, 0.2) is 35.3 Å². The van der Waals surface area contributed by atoms with Gasteiger partial charge in [0.1, 0.15) is 0 Å². The first kappa shape index (κ1) is 13.3. The van der Waals surface area contributed by atoms with Crippen LogP contribution in [0.3, 0.4) is 0 Å². The van der Waals surface area contributed by atoms with Crippen molar-refractivity contribution in [2.24, 2.45) is 0 Å². The van der Waals surface area contributed by atoms with Gasteiger partial charge < -0.3 is 10.1 Å². The summed E-state index contributed by atoms with van der Waals surface area (Å²) < 4.78 is 6.88. The largest absolute Gasteiger partial charge is 0.380 e. The first-order chi connectivity index (χ1) is 9.74. The highest BCUT2D eigenvalue weighted by Crippen LogP contribution is 2.07. The van der Waals surface area contributed by atoms with Gasteiger partial charge in [-0.15, -0.1) is 0 Å². The Labute approximate surface area is 117 Å². The molecule has 2 aromatic rings. The highest BCUT2D eigenvalue weighted by Gasteiger charge is 2.18. The minimum Gasteiger partial charge on any atom is -0.380 e. The Balaban J connectivity index is 1.76. The van der Waals surface area contributed by atoms with Gasteiger partial charge in [0.25, 0.3) is 5.56 Å². The molecule has 106 valence electrons. The van der Waals surface area contributed by atoms with Gasteiger partial charge >= 0.3 is 0 Å². The van der Waals surface area contributed by atoms with E-state index in [1.54, 1.807) is 6.20 Å². The first-order valence-electron chi connectivity index (χ1n) is 7.02. The number of ether oxygens (including phenoxy) is 1. The van der Waals surface area contributed by atoms with Crippen LogP contribution in [-0.4, -0.2) is 35.1 Å². The molecular weight excluding hydrogens is 254 g/mol. The minimum atomic E-state index is -0.0283. The zero-order chi connectivity index (χ0) is 13.9. The van der Waals surface area contributed by atoms with Crippen LogP contribution in [0.1, 0.15) is 13.3 Å². The fourth-order valence-corrected chi connectivity index (χ4v) is 2.64. The van der Waals surface area contributed by atoms with Crippen molar-refractivity contribution in [2.45, 2.75) is 32.0 Å². The van der Waals surface area contributed by atoms with E-state index in [-0.39, 0.29) is 11.6 Å². The lowest BCUT2D eigenvalue weighted by Crippen LogP contribution is -2.41. The second kappa shape index (κ2) is 5.73. The van der Waals surface area contributed by atoms with E-state index in [9.17, 15) is 4.79 Å². The number of nitrogens with zero attached hydrogens (tertiary/aromatic N) is 2. The summed E-state index contributed by atoms with van der Waals surface area (Å²) in [5.74, 6) is 0. The Morgan fingerprint density at radius 2 is 2.35 bits per heavy atom. The molecule has 5 heteroatoms. The highest BCUT2D eigenvalue weighted by molar-refractivity contribution is 5.80. The summed E-state index contributed by atoms with van der Waals surface area (Å²) in [6, 6.07) is 8.13. The van der Waals surface area contributed by atoms with Gasteiger partial charge in [0.15, 0.2) is 0 Å².